The molecule has 4 heterocycles. The van der Waals surface area contributed by atoms with E-state index in [0.717, 1.165) is 46.9 Å². The number of rotatable bonds is 6. The molecule has 46 heavy (non-hydrogen) atoms. The number of piperidine rings is 1. The summed E-state index contributed by atoms with van der Waals surface area (Å²) in [6.45, 7) is 17.4. The summed E-state index contributed by atoms with van der Waals surface area (Å²) >= 11 is 1.51. The highest BCUT2D eigenvalue weighted by atomic mass is 32.2. The highest BCUT2D eigenvalue weighted by molar-refractivity contribution is 8.00. The van der Waals surface area contributed by atoms with Crippen molar-refractivity contribution in [3.05, 3.63) is 77.9 Å². The number of fused-ring (bicyclic) bond motifs is 6. The van der Waals surface area contributed by atoms with Crippen molar-refractivity contribution in [2.24, 2.45) is 11.8 Å². The zero-order valence-corrected chi connectivity index (χ0v) is 29.3. The highest BCUT2D eigenvalue weighted by Crippen LogP contribution is 2.43. The van der Waals surface area contributed by atoms with Gasteiger partial charge in [-0.25, -0.2) is 15.0 Å². The van der Waals surface area contributed by atoms with E-state index in [2.05, 4.69) is 79.8 Å². The molecule has 2 aromatic heterocycles. The Morgan fingerprint density at radius 2 is 1.67 bits per heavy atom. The minimum absolute atomic E-state index is 0.00222. The minimum Gasteiger partial charge on any atom is -0.488 e. The largest absolute Gasteiger partial charge is 0.488 e. The fraction of sp³-hybridized carbons (Fsp3) is 0.459. The van der Waals surface area contributed by atoms with Gasteiger partial charge in [-0.1, -0.05) is 52.0 Å². The van der Waals surface area contributed by atoms with Gasteiger partial charge in [-0.05, 0) is 100 Å². The van der Waals surface area contributed by atoms with Crippen molar-refractivity contribution in [3.63, 3.8) is 0 Å². The maximum Gasteiger partial charge on any atom is 0.237 e. The molecule has 244 valence electrons. The van der Waals surface area contributed by atoms with Gasteiger partial charge in [0.2, 0.25) is 11.8 Å². The molecule has 0 aliphatic carbocycles. The average Bonchev–Trinajstić information content (AvgIpc) is 3.03. The van der Waals surface area contributed by atoms with Crippen molar-refractivity contribution >= 4 is 23.6 Å². The predicted octanol–water partition coefficient (Wildman–Crippen LogP) is 9.25. The normalized spacial score (nSPS) is 19.1. The first-order valence-corrected chi connectivity index (χ1v) is 17.4. The van der Waals surface area contributed by atoms with Crippen LogP contribution in [0.15, 0.2) is 65.8 Å². The lowest BCUT2D eigenvalue weighted by Crippen LogP contribution is -2.51. The summed E-state index contributed by atoms with van der Waals surface area (Å²) in [5.41, 5.74) is 5.45. The second kappa shape index (κ2) is 15.2. The Bertz CT molecular complexity index is 1580. The van der Waals surface area contributed by atoms with E-state index in [9.17, 15) is 0 Å². The van der Waals surface area contributed by atoms with Crippen molar-refractivity contribution in [1.82, 2.24) is 19.9 Å². The van der Waals surface area contributed by atoms with Crippen LogP contribution in [0.5, 0.6) is 11.6 Å². The zero-order chi connectivity index (χ0) is 32.8. The molecule has 6 rings (SSSR count). The fourth-order valence-electron chi connectivity index (χ4n) is 6.59. The molecule has 0 saturated carbocycles. The molecule has 2 aliphatic heterocycles. The van der Waals surface area contributed by atoms with Crippen molar-refractivity contribution in [3.8, 4) is 22.9 Å². The van der Waals surface area contributed by atoms with E-state index in [1.807, 2.05) is 33.8 Å². The quantitative estimate of drug-likeness (QED) is 0.207. The Hall–Kier alpha value is -3.85. The second-order valence-corrected chi connectivity index (χ2v) is 13.5. The molecule has 0 amide bonds. The van der Waals surface area contributed by atoms with E-state index in [-0.39, 0.29) is 18.2 Å². The van der Waals surface area contributed by atoms with Crippen LogP contribution in [0, 0.1) is 25.7 Å². The van der Waals surface area contributed by atoms with Gasteiger partial charge >= 0.3 is 0 Å². The summed E-state index contributed by atoms with van der Waals surface area (Å²) in [5.74, 6) is 3.60. The molecular formula is C37H48N6O2S. The third-order valence-corrected chi connectivity index (χ3v) is 9.13. The van der Waals surface area contributed by atoms with E-state index in [1.165, 1.54) is 23.1 Å². The molecule has 1 N–H and O–H groups in total. The molecule has 1 saturated heterocycles. The third-order valence-electron chi connectivity index (χ3n) is 8.36. The number of aryl methyl sites for hydroxylation is 2. The Morgan fingerprint density at radius 1 is 0.957 bits per heavy atom. The smallest absolute Gasteiger partial charge is 0.237 e. The van der Waals surface area contributed by atoms with E-state index in [0.29, 0.717) is 36.0 Å². The fourth-order valence-corrected chi connectivity index (χ4v) is 7.22. The van der Waals surface area contributed by atoms with Crippen LogP contribution < -0.4 is 19.1 Å². The number of aromatic nitrogens is 4. The van der Waals surface area contributed by atoms with Crippen molar-refractivity contribution < 1.29 is 9.47 Å². The van der Waals surface area contributed by atoms with Gasteiger partial charge in [-0.3, -0.25) is 4.72 Å². The number of nitrogens with one attached hydrogen (secondary N) is 1. The lowest BCUT2D eigenvalue weighted by Gasteiger charge is -2.47. The van der Waals surface area contributed by atoms with E-state index in [1.54, 1.807) is 12.4 Å². The van der Waals surface area contributed by atoms with Gasteiger partial charge in [-0.15, -0.1) is 0 Å². The summed E-state index contributed by atoms with van der Waals surface area (Å²) < 4.78 is 15.9. The lowest BCUT2D eigenvalue weighted by molar-refractivity contribution is 0.168. The summed E-state index contributed by atoms with van der Waals surface area (Å²) in [7, 11) is 0. The molecule has 3 atom stereocenters. The molecule has 2 aliphatic rings. The van der Waals surface area contributed by atoms with Crippen molar-refractivity contribution in [1.29, 1.82) is 0 Å². The Morgan fingerprint density at radius 3 is 2.37 bits per heavy atom. The van der Waals surface area contributed by atoms with Gasteiger partial charge < -0.3 is 14.4 Å². The van der Waals surface area contributed by atoms with Gasteiger partial charge in [0, 0.05) is 22.2 Å². The van der Waals surface area contributed by atoms with Gasteiger partial charge in [0.1, 0.15) is 6.61 Å². The van der Waals surface area contributed by atoms with Gasteiger partial charge in [0.25, 0.3) is 0 Å². The van der Waals surface area contributed by atoms with Crippen LogP contribution in [-0.4, -0.2) is 38.7 Å². The standard InChI is InChI=1S/C35H42N6O2S.C2H6/c1-21(2)15-25-13-14-30(34-36-18-27(19-37-34)43-22(3)4)41-26-11-8-12-28(16-26)44-40-35-38-29(17-32(39-35)42-20-31(25)41)33-23(5)9-7-10-24(33)6;1-2/h7-12,16-19,21-22,25,30-31H,13-15,20H2,1-6H3,(H,38,39,40);1-2H3. The molecule has 9 heteroatoms. The second-order valence-electron chi connectivity index (χ2n) is 12.6. The van der Waals surface area contributed by atoms with E-state index in [4.69, 9.17) is 29.4 Å². The number of anilines is 2. The number of benzene rings is 2. The molecule has 4 aromatic rings. The first-order valence-electron chi connectivity index (χ1n) is 16.6. The maximum atomic E-state index is 6.66. The monoisotopic (exact) mass is 640 g/mol. The number of nitrogens with zero attached hydrogens (tertiary/aromatic N) is 5. The minimum atomic E-state index is 0.00222. The third kappa shape index (κ3) is 7.74. The summed E-state index contributed by atoms with van der Waals surface area (Å²) in [5, 5.41) is 0. The maximum absolute atomic E-state index is 6.66. The van der Waals surface area contributed by atoms with Gasteiger partial charge in [-0.2, -0.15) is 4.98 Å². The first kappa shape index (κ1) is 33.5. The van der Waals surface area contributed by atoms with Gasteiger partial charge in [0.15, 0.2) is 11.6 Å². The topological polar surface area (TPSA) is 85.3 Å². The van der Waals surface area contributed by atoms with Crippen LogP contribution in [0.4, 0.5) is 11.6 Å². The van der Waals surface area contributed by atoms with Crippen LogP contribution >= 0.6 is 11.9 Å². The summed E-state index contributed by atoms with van der Waals surface area (Å²) in [6.07, 6.45) is 6.81. The SMILES string of the molecule is CC.Cc1cccc(C)c1-c1cc2nc(n1)NSc1cccc(c1)N1C(c3ncc(OC(C)C)cn3)CCC(CC(C)C)C1CO2. The molecule has 0 radical (unpaired) electrons. The first-order chi connectivity index (χ1) is 22.2. The molecule has 2 aromatic carbocycles. The lowest BCUT2D eigenvalue weighted by atomic mass is 9.80. The van der Waals surface area contributed by atoms with Crippen LogP contribution in [0.25, 0.3) is 11.3 Å². The number of ether oxygens (including phenoxy) is 2. The Kier molecular flexibility index (Phi) is 11.0. The summed E-state index contributed by atoms with van der Waals surface area (Å²) in [6, 6.07) is 17.1. The van der Waals surface area contributed by atoms with Crippen LogP contribution in [0.3, 0.4) is 0 Å². The summed E-state index contributed by atoms with van der Waals surface area (Å²) in [4.78, 5) is 23.0. The number of hydrogen-bond acceptors (Lipinski definition) is 9. The molecule has 4 bridgehead atoms. The van der Waals surface area contributed by atoms with Crippen LogP contribution in [0.2, 0.25) is 0 Å². The van der Waals surface area contributed by atoms with Crippen molar-refractivity contribution in [2.75, 3.05) is 16.2 Å². The van der Waals surface area contributed by atoms with Gasteiger partial charge in [0.05, 0.1) is 36.3 Å². The average molecular weight is 641 g/mol. The molecular weight excluding hydrogens is 593 g/mol. The van der Waals surface area contributed by atoms with Crippen LogP contribution in [0.1, 0.15) is 83.8 Å². The molecule has 0 spiro atoms. The molecule has 8 nitrogen and oxygen atoms in total. The molecule has 3 unspecified atom stereocenters. The van der Waals surface area contributed by atoms with Crippen molar-refractivity contribution in [2.45, 2.75) is 97.7 Å². The predicted molar refractivity (Wildman–Crippen MR) is 189 cm³/mol. The van der Waals surface area contributed by atoms with E-state index < -0.39 is 0 Å². The number of hydrogen-bond donors (Lipinski definition) is 1. The highest BCUT2D eigenvalue weighted by Gasteiger charge is 2.40. The zero-order valence-electron chi connectivity index (χ0n) is 28.4. The Balaban J connectivity index is 0.00000204. The van der Waals surface area contributed by atoms with Crippen LogP contribution in [-0.2, 0) is 0 Å². The Labute approximate surface area is 278 Å². The molecule has 1 fully saturated rings. The van der Waals surface area contributed by atoms with E-state index >= 15 is 0 Å².